The standard InChI is InChI=1S/C34H26O4/c35-21-27-7-1-5-25(17-27)13-15-33(31-11-3-9-29(19-31)23-37)34(32-12-4-10-30(20-32)24-38)16-14-26-6-2-8-28(18-26)22-36/h1-24,33-34H/b15-13+,16-14+. The maximum absolute atomic E-state index is 11.6. The van der Waals surface area contributed by atoms with Crippen LogP contribution in [0.15, 0.2) is 109 Å². The highest BCUT2D eigenvalue weighted by Gasteiger charge is 2.21. The van der Waals surface area contributed by atoms with E-state index in [9.17, 15) is 19.2 Å². The van der Waals surface area contributed by atoms with Crippen LogP contribution in [0.3, 0.4) is 0 Å². The zero-order valence-electron chi connectivity index (χ0n) is 20.6. The second-order valence-electron chi connectivity index (χ2n) is 8.92. The second kappa shape index (κ2) is 12.8. The Kier molecular flexibility index (Phi) is 8.82. The highest BCUT2D eigenvalue weighted by molar-refractivity contribution is 5.78. The number of benzene rings is 4. The largest absolute Gasteiger partial charge is 0.298 e. The molecular weight excluding hydrogens is 472 g/mol. The zero-order chi connectivity index (χ0) is 26.7. The Balaban J connectivity index is 1.86. The minimum atomic E-state index is -0.220. The molecule has 4 aromatic carbocycles. The summed E-state index contributed by atoms with van der Waals surface area (Å²) < 4.78 is 0. The van der Waals surface area contributed by atoms with Gasteiger partial charge in [-0.05, 0) is 46.5 Å². The molecule has 0 radical (unpaired) electrons. The van der Waals surface area contributed by atoms with E-state index < -0.39 is 0 Å². The van der Waals surface area contributed by atoms with Crippen molar-refractivity contribution in [1.29, 1.82) is 0 Å². The van der Waals surface area contributed by atoms with Gasteiger partial charge in [0.15, 0.2) is 0 Å². The van der Waals surface area contributed by atoms with Gasteiger partial charge in [0.1, 0.15) is 25.1 Å². The van der Waals surface area contributed by atoms with E-state index in [1.165, 1.54) is 0 Å². The Labute approximate surface area is 222 Å². The van der Waals surface area contributed by atoms with Crippen LogP contribution in [0.2, 0.25) is 0 Å². The smallest absolute Gasteiger partial charge is 0.150 e. The third-order valence-electron chi connectivity index (χ3n) is 6.34. The van der Waals surface area contributed by atoms with Gasteiger partial charge in [0.2, 0.25) is 0 Å². The van der Waals surface area contributed by atoms with Gasteiger partial charge >= 0.3 is 0 Å². The molecular formula is C34H26O4. The van der Waals surface area contributed by atoms with E-state index >= 15 is 0 Å². The molecule has 0 aliphatic rings. The minimum absolute atomic E-state index is 0.220. The van der Waals surface area contributed by atoms with Crippen molar-refractivity contribution < 1.29 is 19.2 Å². The Morgan fingerprint density at radius 3 is 1.08 bits per heavy atom. The molecule has 0 amide bonds. The Hall–Kier alpha value is -4.96. The predicted octanol–water partition coefficient (Wildman–Crippen LogP) is 7.23. The molecule has 0 heterocycles. The van der Waals surface area contributed by atoms with Gasteiger partial charge in [0, 0.05) is 34.1 Å². The van der Waals surface area contributed by atoms with Crippen LogP contribution in [0.25, 0.3) is 12.2 Å². The second-order valence-corrected chi connectivity index (χ2v) is 8.92. The third kappa shape index (κ3) is 6.62. The van der Waals surface area contributed by atoms with Gasteiger partial charge in [-0.15, -0.1) is 0 Å². The zero-order valence-corrected chi connectivity index (χ0v) is 20.6. The van der Waals surface area contributed by atoms with Gasteiger partial charge in [-0.2, -0.15) is 0 Å². The lowest BCUT2D eigenvalue weighted by Crippen LogP contribution is -2.09. The van der Waals surface area contributed by atoms with Crippen LogP contribution in [-0.4, -0.2) is 25.1 Å². The number of aldehydes is 4. The summed E-state index contributed by atoms with van der Waals surface area (Å²) in [4.78, 5) is 45.8. The number of hydrogen-bond donors (Lipinski definition) is 0. The minimum Gasteiger partial charge on any atom is -0.298 e. The number of carbonyl (C=O) groups excluding carboxylic acids is 4. The van der Waals surface area contributed by atoms with Crippen molar-refractivity contribution >= 4 is 37.3 Å². The lowest BCUT2D eigenvalue weighted by atomic mass is 9.79. The number of rotatable bonds is 11. The van der Waals surface area contributed by atoms with Crippen LogP contribution in [0.4, 0.5) is 0 Å². The van der Waals surface area contributed by atoms with Crippen molar-refractivity contribution in [3.05, 3.63) is 154 Å². The molecule has 4 nitrogen and oxygen atoms in total. The first-order valence-corrected chi connectivity index (χ1v) is 12.2. The third-order valence-corrected chi connectivity index (χ3v) is 6.34. The molecule has 38 heavy (non-hydrogen) atoms. The molecule has 186 valence electrons. The molecule has 4 rings (SSSR count). The molecule has 2 atom stereocenters. The molecule has 0 N–H and O–H groups in total. The topological polar surface area (TPSA) is 68.3 Å². The first-order valence-electron chi connectivity index (χ1n) is 12.2. The number of hydrogen-bond acceptors (Lipinski definition) is 4. The van der Waals surface area contributed by atoms with Gasteiger partial charge in [-0.3, -0.25) is 19.2 Å². The van der Waals surface area contributed by atoms with E-state index in [0.717, 1.165) is 47.4 Å². The van der Waals surface area contributed by atoms with E-state index in [1.54, 1.807) is 24.3 Å². The molecule has 0 saturated heterocycles. The van der Waals surface area contributed by atoms with Crippen molar-refractivity contribution in [1.82, 2.24) is 0 Å². The Bertz CT molecular complexity index is 1400. The van der Waals surface area contributed by atoms with E-state index in [2.05, 4.69) is 12.2 Å². The van der Waals surface area contributed by atoms with Crippen molar-refractivity contribution in [2.45, 2.75) is 11.8 Å². The average Bonchev–Trinajstić information content (AvgIpc) is 2.99. The highest BCUT2D eigenvalue weighted by atomic mass is 16.1. The Morgan fingerprint density at radius 1 is 0.395 bits per heavy atom. The van der Waals surface area contributed by atoms with Crippen LogP contribution >= 0.6 is 0 Å². The summed E-state index contributed by atoms with van der Waals surface area (Å²) in [5, 5.41) is 0. The van der Waals surface area contributed by atoms with Crippen LogP contribution < -0.4 is 0 Å². The van der Waals surface area contributed by atoms with Crippen LogP contribution in [0.5, 0.6) is 0 Å². The maximum atomic E-state index is 11.6. The summed E-state index contributed by atoms with van der Waals surface area (Å²) in [7, 11) is 0. The molecule has 4 aromatic rings. The SMILES string of the molecule is O=Cc1cccc(/C=C/C(c2cccc(C=O)c2)C(/C=C/c2cccc(C=O)c2)c2cccc(C=O)c2)c1. The molecule has 0 fully saturated rings. The summed E-state index contributed by atoms with van der Waals surface area (Å²) in [5.41, 5.74) is 5.87. The van der Waals surface area contributed by atoms with E-state index in [0.29, 0.717) is 22.3 Å². The molecule has 0 bridgehead atoms. The summed E-state index contributed by atoms with van der Waals surface area (Å²) in [5.74, 6) is -0.440. The van der Waals surface area contributed by atoms with Gasteiger partial charge < -0.3 is 0 Å². The van der Waals surface area contributed by atoms with E-state index in [4.69, 9.17) is 0 Å². The molecule has 0 aliphatic carbocycles. The fraction of sp³-hybridized carbons (Fsp3) is 0.0588. The molecule has 2 unspecified atom stereocenters. The number of carbonyl (C=O) groups is 4. The fourth-order valence-electron chi connectivity index (χ4n) is 4.46. The lowest BCUT2D eigenvalue weighted by molar-refractivity contribution is 0.111. The van der Waals surface area contributed by atoms with Gasteiger partial charge in [-0.25, -0.2) is 0 Å². The van der Waals surface area contributed by atoms with E-state index in [1.807, 2.05) is 84.9 Å². The summed E-state index contributed by atoms with van der Waals surface area (Å²) in [6.45, 7) is 0. The molecule has 4 heteroatoms. The van der Waals surface area contributed by atoms with Crippen LogP contribution in [0, 0.1) is 0 Å². The quantitative estimate of drug-likeness (QED) is 0.205. The van der Waals surface area contributed by atoms with Gasteiger partial charge in [-0.1, -0.05) is 97.1 Å². The molecule has 0 saturated carbocycles. The predicted molar refractivity (Wildman–Crippen MR) is 151 cm³/mol. The maximum Gasteiger partial charge on any atom is 0.150 e. The van der Waals surface area contributed by atoms with Crippen molar-refractivity contribution in [3.63, 3.8) is 0 Å². The molecule has 0 aromatic heterocycles. The summed E-state index contributed by atoms with van der Waals surface area (Å²) in [6.07, 6.45) is 11.3. The van der Waals surface area contributed by atoms with Crippen molar-refractivity contribution in [2.24, 2.45) is 0 Å². The summed E-state index contributed by atoms with van der Waals surface area (Å²) >= 11 is 0. The van der Waals surface area contributed by atoms with Crippen molar-refractivity contribution in [3.8, 4) is 0 Å². The lowest BCUT2D eigenvalue weighted by Gasteiger charge is -2.24. The molecule has 0 aliphatic heterocycles. The molecule has 0 spiro atoms. The normalized spacial score (nSPS) is 12.7. The highest BCUT2D eigenvalue weighted by Crippen LogP contribution is 2.37. The summed E-state index contributed by atoms with van der Waals surface area (Å²) in [6, 6.07) is 29.5. The first kappa shape index (κ1) is 26.1. The first-order chi connectivity index (χ1) is 18.6. The average molecular weight is 499 g/mol. The van der Waals surface area contributed by atoms with E-state index in [-0.39, 0.29) is 11.8 Å². The van der Waals surface area contributed by atoms with Crippen LogP contribution in [-0.2, 0) is 0 Å². The van der Waals surface area contributed by atoms with Gasteiger partial charge in [0.25, 0.3) is 0 Å². The Morgan fingerprint density at radius 2 is 0.711 bits per heavy atom. The fourth-order valence-corrected chi connectivity index (χ4v) is 4.46. The van der Waals surface area contributed by atoms with Crippen LogP contribution in [0.1, 0.15) is 75.5 Å². The van der Waals surface area contributed by atoms with Gasteiger partial charge in [0.05, 0.1) is 0 Å². The van der Waals surface area contributed by atoms with Crippen molar-refractivity contribution in [2.75, 3.05) is 0 Å². The number of allylic oxidation sites excluding steroid dienone is 2. The monoisotopic (exact) mass is 498 g/mol.